The molecule has 0 saturated carbocycles. The van der Waals surface area contributed by atoms with Gasteiger partial charge in [-0.2, -0.15) is 5.26 Å². The number of carbonyl (C=O) groups is 1. The van der Waals surface area contributed by atoms with E-state index in [0.717, 1.165) is 10.9 Å². The first kappa shape index (κ1) is 19.5. The monoisotopic (exact) mass is 385 g/mol. The van der Waals surface area contributed by atoms with Crippen LogP contribution in [0.2, 0.25) is 0 Å². The average Bonchev–Trinajstić information content (AvgIpc) is 2.75. The van der Waals surface area contributed by atoms with Gasteiger partial charge < -0.3 is 4.74 Å². The summed E-state index contributed by atoms with van der Waals surface area (Å²) in [5, 5.41) is 12.9. The molecule has 0 aliphatic rings. The number of ether oxygens (including phenoxy) is 1. The zero-order valence-electron chi connectivity index (χ0n) is 15.6. The molecule has 0 saturated heterocycles. The van der Waals surface area contributed by atoms with Gasteiger partial charge in [-0.3, -0.25) is 0 Å². The molecule has 4 heteroatoms. The van der Waals surface area contributed by atoms with E-state index in [1.807, 2.05) is 60.7 Å². The molecule has 138 valence electrons. The number of nitrogens with zero attached hydrogens (tertiary/aromatic N) is 1. The van der Waals surface area contributed by atoms with Gasteiger partial charge in [0.1, 0.15) is 11.6 Å². The van der Waals surface area contributed by atoms with Crippen molar-refractivity contribution < 1.29 is 9.53 Å². The summed E-state index contributed by atoms with van der Waals surface area (Å²) in [4.78, 5) is 12.1. The number of rotatable bonds is 6. The molecule has 0 fully saturated rings. The lowest BCUT2D eigenvalue weighted by molar-refractivity contribution is -0.137. The normalized spacial score (nSPS) is 11.1. The second-order valence-electron chi connectivity index (χ2n) is 5.96. The van der Waals surface area contributed by atoms with E-state index in [1.54, 1.807) is 13.0 Å². The van der Waals surface area contributed by atoms with Gasteiger partial charge in [-0.05, 0) is 42.4 Å². The number of nitriles is 1. The number of esters is 1. The van der Waals surface area contributed by atoms with Crippen molar-refractivity contribution >= 4 is 35.9 Å². The van der Waals surface area contributed by atoms with Crippen molar-refractivity contribution in [2.45, 2.75) is 6.92 Å². The molecule has 3 rings (SSSR count). The van der Waals surface area contributed by atoms with Crippen LogP contribution in [0, 0.1) is 11.3 Å². The second-order valence-corrected chi connectivity index (χ2v) is 8.14. The van der Waals surface area contributed by atoms with E-state index >= 15 is 0 Å². The summed E-state index contributed by atoms with van der Waals surface area (Å²) in [7, 11) is -0.836. The molecule has 3 aromatic carbocycles. The van der Waals surface area contributed by atoms with Gasteiger partial charge >= 0.3 is 5.97 Å². The molecule has 0 unspecified atom stereocenters. The van der Waals surface area contributed by atoms with E-state index in [0.29, 0.717) is 0 Å². The molecule has 3 aromatic rings. The summed E-state index contributed by atoms with van der Waals surface area (Å²) in [6.07, 6.45) is 1.63. The van der Waals surface area contributed by atoms with Crippen LogP contribution in [-0.2, 0) is 9.53 Å². The SMILES string of the molecule is CCOC(=O)/C(C#N)=C/c1ccccc1P(c1ccccc1)c1ccccc1. The third-order valence-corrected chi connectivity index (χ3v) is 6.64. The van der Waals surface area contributed by atoms with Gasteiger partial charge in [0.05, 0.1) is 6.61 Å². The summed E-state index contributed by atoms with van der Waals surface area (Å²) in [6, 6.07) is 30.5. The molecule has 3 nitrogen and oxygen atoms in total. The maximum Gasteiger partial charge on any atom is 0.348 e. The first-order valence-corrected chi connectivity index (χ1v) is 10.4. The van der Waals surface area contributed by atoms with E-state index in [2.05, 4.69) is 30.3 Å². The standard InChI is InChI=1S/C24H20NO2P/c1-2-27-24(26)20(18-25)17-19-11-9-10-16-23(19)28(21-12-5-3-6-13-21)22-14-7-4-8-15-22/h3-17H,2H2,1H3/b20-17+. The quantitative estimate of drug-likeness (QED) is 0.280. The van der Waals surface area contributed by atoms with E-state index in [4.69, 9.17) is 4.74 Å². The minimum absolute atomic E-state index is 0.00498. The van der Waals surface area contributed by atoms with Crippen LogP contribution in [0.5, 0.6) is 0 Å². The van der Waals surface area contributed by atoms with Crippen LogP contribution in [0.15, 0.2) is 90.5 Å². The molecular formula is C24H20NO2P. The molecular weight excluding hydrogens is 365 g/mol. The first-order valence-electron chi connectivity index (χ1n) is 9.02. The van der Waals surface area contributed by atoms with Crippen LogP contribution in [0.25, 0.3) is 6.08 Å². The van der Waals surface area contributed by atoms with Crippen molar-refractivity contribution in [3.8, 4) is 6.07 Å². The van der Waals surface area contributed by atoms with E-state index in [9.17, 15) is 10.1 Å². The second kappa shape index (κ2) is 9.65. The lowest BCUT2D eigenvalue weighted by Crippen LogP contribution is -2.22. The Kier molecular flexibility index (Phi) is 6.73. The molecule has 28 heavy (non-hydrogen) atoms. The highest BCUT2D eigenvalue weighted by Gasteiger charge is 2.19. The number of benzene rings is 3. The first-order chi connectivity index (χ1) is 13.7. The fourth-order valence-corrected chi connectivity index (χ4v) is 5.32. The zero-order chi connectivity index (χ0) is 19.8. The van der Waals surface area contributed by atoms with Gasteiger partial charge in [-0.25, -0.2) is 4.79 Å². The van der Waals surface area contributed by atoms with Crippen molar-refractivity contribution in [1.29, 1.82) is 5.26 Å². The Labute approximate surface area is 166 Å². The van der Waals surface area contributed by atoms with Crippen molar-refractivity contribution in [3.05, 3.63) is 96.1 Å². The van der Waals surface area contributed by atoms with Gasteiger partial charge in [-0.15, -0.1) is 0 Å². The molecule has 0 aliphatic heterocycles. The highest BCUT2D eigenvalue weighted by molar-refractivity contribution is 7.80. The molecule has 0 bridgehead atoms. The minimum atomic E-state index is -0.836. The summed E-state index contributed by atoms with van der Waals surface area (Å²) < 4.78 is 5.01. The van der Waals surface area contributed by atoms with Gasteiger partial charge in [0, 0.05) is 0 Å². The van der Waals surface area contributed by atoms with Crippen LogP contribution >= 0.6 is 7.92 Å². The molecule has 0 aliphatic carbocycles. The zero-order valence-corrected chi connectivity index (χ0v) is 16.5. The average molecular weight is 385 g/mol. The van der Waals surface area contributed by atoms with Crippen LogP contribution < -0.4 is 15.9 Å². The van der Waals surface area contributed by atoms with E-state index < -0.39 is 13.9 Å². The van der Waals surface area contributed by atoms with Crippen molar-refractivity contribution in [1.82, 2.24) is 0 Å². The number of carbonyl (C=O) groups excluding carboxylic acids is 1. The Morgan fingerprint density at radius 3 is 2.00 bits per heavy atom. The predicted molar refractivity (Wildman–Crippen MR) is 115 cm³/mol. The predicted octanol–water partition coefficient (Wildman–Crippen LogP) is 3.91. The van der Waals surface area contributed by atoms with Gasteiger partial charge in [0.25, 0.3) is 0 Å². The van der Waals surface area contributed by atoms with E-state index in [1.165, 1.54) is 10.6 Å². The van der Waals surface area contributed by atoms with Crippen LogP contribution in [0.4, 0.5) is 0 Å². The fourth-order valence-electron chi connectivity index (χ4n) is 2.90. The maximum atomic E-state index is 12.1. The summed E-state index contributed by atoms with van der Waals surface area (Å²) in [5.74, 6) is -0.594. The third-order valence-electron chi connectivity index (χ3n) is 4.12. The maximum absolute atomic E-state index is 12.1. The Bertz CT molecular complexity index is 968. The van der Waals surface area contributed by atoms with E-state index in [-0.39, 0.29) is 12.2 Å². The highest BCUT2D eigenvalue weighted by atomic mass is 31.1. The smallest absolute Gasteiger partial charge is 0.348 e. The largest absolute Gasteiger partial charge is 0.462 e. The van der Waals surface area contributed by atoms with Gasteiger partial charge in [-0.1, -0.05) is 84.9 Å². The van der Waals surface area contributed by atoms with Crippen molar-refractivity contribution in [2.75, 3.05) is 6.61 Å². The van der Waals surface area contributed by atoms with Crippen LogP contribution in [0.3, 0.4) is 0 Å². The highest BCUT2D eigenvalue weighted by Crippen LogP contribution is 2.34. The molecule has 0 amide bonds. The number of hydrogen-bond acceptors (Lipinski definition) is 3. The third kappa shape index (κ3) is 4.55. The molecule has 0 radical (unpaired) electrons. The Morgan fingerprint density at radius 2 is 1.46 bits per heavy atom. The topological polar surface area (TPSA) is 50.1 Å². The van der Waals surface area contributed by atoms with Gasteiger partial charge in [0.15, 0.2) is 0 Å². The summed E-state index contributed by atoms with van der Waals surface area (Å²) in [6.45, 7) is 1.96. The molecule has 0 N–H and O–H groups in total. The van der Waals surface area contributed by atoms with Crippen LogP contribution in [0.1, 0.15) is 12.5 Å². The Morgan fingerprint density at radius 1 is 0.929 bits per heavy atom. The Hall–Kier alpha value is -3.21. The molecule has 0 spiro atoms. The fraction of sp³-hybridized carbons (Fsp3) is 0.0833. The Balaban J connectivity index is 2.15. The molecule has 0 heterocycles. The molecule has 0 aromatic heterocycles. The molecule has 0 atom stereocenters. The van der Waals surface area contributed by atoms with Gasteiger partial charge in [0.2, 0.25) is 0 Å². The summed E-state index contributed by atoms with van der Waals surface area (Å²) >= 11 is 0. The lowest BCUT2D eigenvalue weighted by Gasteiger charge is -2.21. The van der Waals surface area contributed by atoms with Crippen LogP contribution in [-0.4, -0.2) is 12.6 Å². The van der Waals surface area contributed by atoms with Crippen molar-refractivity contribution in [2.24, 2.45) is 0 Å². The number of hydrogen-bond donors (Lipinski definition) is 0. The summed E-state index contributed by atoms with van der Waals surface area (Å²) in [5.41, 5.74) is 0.858. The minimum Gasteiger partial charge on any atom is -0.462 e. The van der Waals surface area contributed by atoms with Crippen molar-refractivity contribution in [3.63, 3.8) is 0 Å². The lowest BCUT2D eigenvalue weighted by atomic mass is 10.1.